The van der Waals surface area contributed by atoms with Gasteiger partial charge in [-0.1, -0.05) is 30.3 Å². The fourth-order valence-electron chi connectivity index (χ4n) is 2.29. The van der Waals surface area contributed by atoms with Crippen LogP contribution in [0.5, 0.6) is 0 Å². The van der Waals surface area contributed by atoms with Gasteiger partial charge < -0.3 is 15.5 Å². The van der Waals surface area contributed by atoms with Crippen LogP contribution in [0.15, 0.2) is 30.3 Å². The van der Waals surface area contributed by atoms with Crippen molar-refractivity contribution in [3.63, 3.8) is 0 Å². The molecule has 0 saturated heterocycles. The van der Waals surface area contributed by atoms with Crippen molar-refractivity contribution in [2.75, 3.05) is 33.2 Å². The highest BCUT2D eigenvalue weighted by Crippen LogP contribution is 2.27. The number of hydrogen-bond acceptors (Lipinski definition) is 3. The Morgan fingerprint density at radius 3 is 2.76 bits per heavy atom. The van der Waals surface area contributed by atoms with Crippen LogP contribution in [-0.4, -0.2) is 44.0 Å². The number of nitrogens with zero attached hydrogens (tertiary/aromatic N) is 1. The molecule has 2 N–H and O–H groups in total. The SMILES string of the molecule is CN(CCCNCC(=O)NCC1CC1)Cc1ccccc1. The molecule has 0 aliphatic heterocycles. The second-order valence-corrected chi connectivity index (χ2v) is 6.00. The molecular formula is C17H27N3O. The van der Waals surface area contributed by atoms with Gasteiger partial charge in [0.05, 0.1) is 6.54 Å². The van der Waals surface area contributed by atoms with Crippen molar-refractivity contribution in [3.05, 3.63) is 35.9 Å². The molecule has 1 aromatic carbocycles. The third-order valence-corrected chi connectivity index (χ3v) is 3.76. The number of rotatable bonds is 10. The van der Waals surface area contributed by atoms with E-state index in [1.54, 1.807) is 0 Å². The van der Waals surface area contributed by atoms with Gasteiger partial charge in [0.1, 0.15) is 0 Å². The Kier molecular flexibility index (Phi) is 6.70. The van der Waals surface area contributed by atoms with E-state index in [0.717, 1.165) is 38.5 Å². The van der Waals surface area contributed by atoms with Gasteiger partial charge in [-0.25, -0.2) is 0 Å². The summed E-state index contributed by atoms with van der Waals surface area (Å²) >= 11 is 0. The predicted octanol–water partition coefficient (Wildman–Crippen LogP) is 1.62. The highest BCUT2D eigenvalue weighted by molar-refractivity contribution is 5.77. The van der Waals surface area contributed by atoms with Crippen LogP contribution in [0.2, 0.25) is 0 Å². The van der Waals surface area contributed by atoms with Crippen molar-refractivity contribution in [1.29, 1.82) is 0 Å². The Hall–Kier alpha value is -1.39. The molecule has 1 saturated carbocycles. The lowest BCUT2D eigenvalue weighted by atomic mass is 10.2. The largest absolute Gasteiger partial charge is 0.355 e. The number of carbonyl (C=O) groups is 1. The van der Waals surface area contributed by atoms with Crippen LogP contribution in [0.3, 0.4) is 0 Å². The maximum atomic E-state index is 11.5. The van der Waals surface area contributed by atoms with Crippen molar-refractivity contribution in [2.24, 2.45) is 5.92 Å². The molecule has 2 rings (SSSR count). The first-order valence-electron chi connectivity index (χ1n) is 7.94. The molecule has 0 spiro atoms. The summed E-state index contributed by atoms with van der Waals surface area (Å²) in [4.78, 5) is 13.8. The molecule has 4 heteroatoms. The van der Waals surface area contributed by atoms with Gasteiger partial charge in [0.25, 0.3) is 0 Å². The zero-order chi connectivity index (χ0) is 14.9. The topological polar surface area (TPSA) is 44.4 Å². The monoisotopic (exact) mass is 289 g/mol. The summed E-state index contributed by atoms with van der Waals surface area (Å²) in [6.07, 6.45) is 3.61. The van der Waals surface area contributed by atoms with Crippen LogP contribution < -0.4 is 10.6 Å². The average Bonchev–Trinajstić information content (AvgIpc) is 3.30. The molecule has 0 radical (unpaired) electrons. The highest BCUT2D eigenvalue weighted by atomic mass is 16.1. The van der Waals surface area contributed by atoms with E-state index in [4.69, 9.17) is 0 Å². The van der Waals surface area contributed by atoms with Gasteiger partial charge in [0.15, 0.2) is 0 Å². The molecule has 1 fully saturated rings. The molecule has 1 amide bonds. The first kappa shape index (κ1) is 16.0. The number of hydrogen-bond donors (Lipinski definition) is 2. The standard InChI is InChI=1S/C17H27N3O/c1-20(14-16-6-3-2-4-7-16)11-5-10-18-13-17(21)19-12-15-8-9-15/h2-4,6-7,15,18H,5,8-14H2,1H3,(H,19,21). The van der Waals surface area contributed by atoms with Gasteiger partial charge in [-0.3, -0.25) is 4.79 Å². The van der Waals surface area contributed by atoms with Gasteiger partial charge in [0.2, 0.25) is 5.91 Å². The summed E-state index contributed by atoms with van der Waals surface area (Å²) in [5.41, 5.74) is 1.34. The van der Waals surface area contributed by atoms with Crippen LogP contribution in [0.1, 0.15) is 24.8 Å². The van der Waals surface area contributed by atoms with Crippen LogP contribution in [0.4, 0.5) is 0 Å². The van der Waals surface area contributed by atoms with E-state index >= 15 is 0 Å². The van der Waals surface area contributed by atoms with E-state index in [-0.39, 0.29) is 5.91 Å². The van der Waals surface area contributed by atoms with E-state index in [0.29, 0.717) is 6.54 Å². The fraction of sp³-hybridized carbons (Fsp3) is 0.588. The minimum absolute atomic E-state index is 0.125. The summed E-state index contributed by atoms with van der Waals surface area (Å²) in [5.74, 6) is 0.875. The summed E-state index contributed by atoms with van der Waals surface area (Å²) in [5, 5.41) is 6.17. The summed E-state index contributed by atoms with van der Waals surface area (Å²) in [6.45, 7) is 4.19. The Labute approximate surface area is 127 Å². The maximum Gasteiger partial charge on any atom is 0.233 e. The molecule has 1 aliphatic carbocycles. The molecule has 0 atom stereocenters. The van der Waals surface area contributed by atoms with Gasteiger partial charge in [0, 0.05) is 13.1 Å². The van der Waals surface area contributed by atoms with Crippen molar-refractivity contribution in [1.82, 2.24) is 15.5 Å². The van der Waals surface area contributed by atoms with Gasteiger partial charge in [-0.05, 0) is 50.9 Å². The first-order chi connectivity index (χ1) is 10.2. The Morgan fingerprint density at radius 2 is 2.05 bits per heavy atom. The fourth-order valence-corrected chi connectivity index (χ4v) is 2.29. The summed E-state index contributed by atoms with van der Waals surface area (Å²) in [6, 6.07) is 10.5. The quantitative estimate of drug-likeness (QED) is 0.643. The molecule has 4 nitrogen and oxygen atoms in total. The lowest BCUT2D eigenvalue weighted by Crippen LogP contribution is -2.36. The highest BCUT2D eigenvalue weighted by Gasteiger charge is 2.21. The van der Waals surface area contributed by atoms with Gasteiger partial charge in [-0.15, -0.1) is 0 Å². The normalized spacial score (nSPS) is 14.4. The Bertz CT molecular complexity index is 417. The van der Waals surface area contributed by atoms with Crippen molar-refractivity contribution in [3.8, 4) is 0 Å². The summed E-state index contributed by atoms with van der Waals surface area (Å²) in [7, 11) is 2.13. The molecule has 1 aromatic rings. The van der Waals surface area contributed by atoms with Crippen molar-refractivity contribution in [2.45, 2.75) is 25.8 Å². The van der Waals surface area contributed by atoms with E-state index < -0.39 is 0 Å². The molecule has 0 heterocycles. The second kappa shape index (κ2) is 8.80. The molecule has 21 heavy (non-hydrogen) atoms. The van der Waals surface area contributed by atoms with Crippen LogP contribution in [0, 0.1) is 5.92 Å². The van der Waals surface area contributed by atoms with Crippen molar-refractivity contribution < 1.29 is 4.79 Å². The zero-order valence-corrected chi connectivity index (χ0v) is 13.0. The number of amides is 1. The molecule has 116 valence electrons. The molecule has 0 unspecified atom stereocenters. The predicted molar refractivity (Wildman–Crippen MR) is 86.0 cm³/mol. The summed E-state index contributed by atoms with van der Waals surface area (Å²) < 4.78 is 0. The number of benzene rings is 1. The Balaban J connectivity index is 1.46. The first-order valence-corrected chi connectivity index (χ1v) is 7.94. The second-order valence-electron chi connectivity index (χ2n) is 6.00. The van der Waals surface area contributed by atoms with E-state index in [1.807, 2.05) is 6.07 Å². The van der Waals surface area contributed by atoms with Gasteiger partial charge >= 0.3 is 0 Å². The van der Waals surface area contributed by atoms with Crippen LogP contribution >= 0.6 is 0 Å². The molecule has 0 aromatic heterocycles. The van der Waals surface area contributed by atoms with E-state index in [1.165, 1.54) is 18.4 Å². The molecule has 0 bridgehead atoms. The lowest BCUT2D eigenvalue weighted by molar-refractivity contribution is -0.120. The van der Waals surface area contributed by atoms with E-state index in [9.17, 15) is 4.79 Å². The van der Waals surface area contributed by atoms with E-state index in [2.05, 4.69) is 46.8 Å². The number of nitrogens with one attached hydrogen (secondary N) is 2. The zero-order valence-electron chi connectivity index (χ0n) is 13.0. The maximum absolute atomic E-state index is 11.5. The minimum atomic E-state index is 0.125. The lowest BCUT2D eigenvalue weighted by Gasteiger charge is -2.16. The third kappa shape index (κ3) is 7.25. The molecular weight excluding hydrogens is 262 g/mol. The minimum Gasteiger partial charge on any atom is -0.355 e. The Morgan fingerprint density at radius 1 is 1.29 bits per heavy atom. The number of carbonyl (C=O) groups excluding carboxylic acids is 1. The third-order valence-electron chi connectivity index (χ3n) is 3.76. The van der Waals surface area contributed by atoms with Crippen LogP contribution in [-0.2, 0) is 11.3 Å². The smallest absolute Gasteiger partial charge is 0.233 e. The molecule has 1 aliphatic rings. The van der Waals surface area contributed by atoms with Crippen LogP contribution in [0.25, 0.3) is 0 Å². The average molecular weight is 289 g/mol. The van der Waals surface area contributed by atoms with Crippen molar-refractivity contribution >= 4 is 5.91 Å². The van der Waals surface area contributed by atoms with Gasteiger partial charge in [-0.2, -0.15) is 0 Å².